The molecule has 3 heterocycles. The molecule has 1 aliphatic rings. The van der Waals surface area contributed by atoms with Gasteiger partial charge in [-0.05, 0) is 43.7 Å². The highest BCUT2D eigenvalue weighted by Gasteiger charge is 2.27. The van der Waals surface area contributed by atoms with Crippen molar-refractivity contribution < 1.29 is 14.3 Å². The van der Waals surface area contributed by atoms with Gasteiger partial charge in [0.1, 0.15) is 10.7 Å². The summed E-state index contributed by atoms with van der Waals surface area (Å²) in [6.07, 6.45) is 3.84. The van der Waals surface area contributed by atoms with E-state index >= 15 is 0 Å². The van der Waals surface area contributed by atoms with Gasteiger partial charge in [-0.1, -0.05) is 53.7 Å². The molecule has 4 aromatic rings. The predicted molar refractivity (Wildman–Crippen MR) is 149 cm³/mol. The molecular formula is C26H27ClN6O3S2. The number of thioether (sulfide) groups is 1. The highest BCUT2D eigenvalue weighted by molar-refractivity contribution is 7.99. The zero-order chi connectivity index (χ0) is 26.8. The maximum Gasteiger partial charge on any atom is 0.341 e. The molecule has 0 spiro atoms. The summed E-state index contributed by atoms with van der Waals surface area (Å²) in [5, 5.41) is 17.8. The number of halogens is 1. The maximum absolute atomic E-state index is 13.0. The smallest absolute Gasteiger partial charge is 0.341 e. The van der Waals surface area contributed by atoms with Crippen LogP contribution in [0.1, 0.15) is 44.9 Å². The van der Waals surface area contributed by atoms with E-state index in [0.29, 0.717) is 44.5 Å². The largest absolute Gasteiger partial charge is 0.465 e. The number of carbonyl (C=O) groups is 2. The molecule has 1 aromatic carbocycles. The number of aryl methyl sites for hydroxylation is 3. The maximum atomic E-state index is 13.0. The van der Waals surface area contributed by atoms with E-state index in [1.807, 2.05) is 48.9 Å². The molecule has 38 heavy (non-hydrogen) atoms. The Morgan fingerprint density at radius 1 is 1.18 bits per heavy atom. The summed E-state index contributed by atoms with van der Waals surface area (Å²) in [6.45, 7) is 2.34. The first-order chi connectivity index (χ1) is 18.4. The third-order valence-electron chi connectivity index (χ3n) is 6.41. The van der Waals surface area contributed by atoms with Gasteiger partial charge in [0.15, 0.2) is 11.0 Å². The summed E-state index contributed by atoms with van der Waals surface area (Å²) in [6, 6.07) is 9.95. The van der Waals surface area contributed by atoms with Gasteiger partial charge < -0.3 is 10.1 Å². The monoisotopic (exact) mass is 570 g/mol. The summed E-state index contributed by atoms with van der Waals surface area (Å²) in [5.74, 6) is 0.0181. The van der Waals surface area contributed by atoms with E-state index in [1.165, 1.54) is 30.2 Å². The van der Waals surface area contributed by atoms with Crippen LogP contribution in [0, 0.1) is 6.92 Å². The first kappa shape index (κ1) is 26.5. The molecule has 12 heteroatoms. The Hall–Kier alpha value is -3.15. The van der Waals surface area contributed by atoms with Crippen molar-refractivity contribution >= 4 is 51.6 Å². The third-order valence-corrected chi connectivity index (χ3v) is 9.03. The number of amides is 1. The van der Waals surface area contributed by atoms with Crippen LogP contribution in [0.4, 0.5) is 5.00 Å². The SMILES string of the molecule is COC(=O)c1c(NC(=O)CSc2nnc(-c3c(Cl)c(C)nn3C)n2Cc2ccccc2)sc2c1CCCC2. The quantitative estimate of drug-likeness (QED) is 0.231. The molecule has 3 aromatic heterocycles. The molecule has 0 bridgehead atoms. The minimum absolute atomic E-state index is 0.0915. The van der Waals surface area contributed by atoms with Crippen molar-refractivity contribution in [2.24, 2.45) is 7.05 Å². The Morgan fingerprint density at radius 2 is 1.95 bits per heavy atom. The first-order valence-corrected chi connectivity index (χ1v) is 14.4. The molecule has 0 atom stereocenters. The van der Waals surface area contributed by atoms with Crippen molar-refractivity contribution in [1.82, 2.24) is 24.5 Å². The summed E-state index contributed by atoms with van der Waals surface area (Å²) < 4.78 is 8.66. The van der Waals surface area contributed by atoms with Crippen molar-refractivity contribution in [3.63, 3.8) is 0 Å². The fourth-order valence-electron chi connectivity index (χ4n) is 4.62. The summed E-state index contributed by atoms with van der Waals surface area (Å²) >= 11 is 9.32. The molecule has 5 rings (SSSR count). The lowest BCUT2D eigenvalue weighted by Crippen LogP contribution is -2.17. The molecule has 1 aliphatic carbocycles. The van der Waals surface area contributed by atoms with Crippen LogP contribution in [0.3, 0.4) is 0 Å². The normalized spacial score (nSPS) is 12.8. The van der Waals surface area contributed by atoms with Gasteiger partial charge in [0.25, 0.3) is 0 Å². The van der Waals surface area contributed by atoms with Crippen molar-refractivity contribution in [3.05, 3.63) is 62.6 Å². The van der Waals surface area contributed by atoms with Crippen LogP contribution in [0.5, 0.6) is 0 Å². The van der Waals surface area contributed by atoms with Gasteiger partial charge in [-0.3, -0.25) is 14.0 Å². The molecule has 198 valence electrons. The number of nitrogens with one attached hydrogen (secondary N) is 1. The van der Waals surface area contributed by atoms with Gasteiger partial charge in [-0.2, -0.15) is 5.10 Å². The fraction of sp³-hybridized carbons (Fsp3) is 0.346. The number of rotatable bonds is 8. The van der Waals surface area contributed by atoms with E-state index in [2.05, 4.69) is 20.6 Å². The van der Waals surface area contributed by atoms with E-state index in [0.717, 1.165) is 41.7 Å². The van der Waals surface area contributed by atoms with Crippen LogP contribution in [-0.4, -0.2) is 49.3 Å². The number of nitrogens with zero attached hydrogens (tertiary/aromatic N) is 5. The summed E-state index contributed by atoms with van der Waals surface area (Å²) in [7, 11) is 3.18. The number of benzene rings is 1. The molecule has 0 saturated carbocycles. The van der Waals surface area contributed by atoms with Gasteiger partial charge in [0, 0.05) is 11.9 Å². The molecule has 0 saturated heterocycles. The molecule has 9 nitrogen and oxygen atoms in total. The molecular weight excluding hydrogens is 544 g/mol. The summed E-state index contributed by atoms with van der Waals surface area (Å²) in [4.78, 5) is 26.7. The summed E-state index contributed by atoms with van der Waals surface area (Å²) in [5.41, 5.74) is 3.91. The first-order valence-electron chi connectivity index (χ1n) is 12.2. The Labute approximate surface area is 233 Å². The van der Waals surface area contributed by atoms with Gasteiger partial charge >= 0.3 is 5.97 Å². The molecule has 0 fully saturated rings. The number of methoxy groups -OCH3 is 1. The van der Waals surface area contributed by atoms with Crippen LogP contribution >= 0.6 is 34.7 Å². The Balaban J connectivity index is 1.39. The molecule has 0 aliphatic heterocycles. The molecule has 1 amide bonds. The van der Waals surface area contributed by atoms with Crippen molar-refractivity contribution in [3.8, 4) is 11.5 Å². The number of anilines is 1. The number of thiophene rings is 1. The van der Waals surface area contributed by atoms with Gasteiger partial charge in [-0.25, -0.2) is 4.79 Å². The number of esters is 1. The molecule has 0 radical (unpaired) electrons. The minimum Gasteiger partial charge on any atom is -0.465 e. The molecule has 0 unspecified atom stereocenters. The topological polar surface area (TPSA) is 104 Å². The van der Waals surface area contributed by atoms with Crippen LogP contribution in [-0.2, 0) is 36.0 Å². The lowest BCUT2D eigenvalue weighted by Gasteiger charge is -2.12. The minimum atomic E-state index is -0.414. The number of ether oxygens (including phenoxy) is 1. The Bertz CT molecular complexity index is 1490. The standard InChI is InChI=1S/C26H27ClN6O3S2/c1-15-21(27)22(32(2)31-15)23-29-30-26(33(23)13-16-9-5-4-6-10-16)37-14-19(34)28-24-20(25(35)36-3)17-11-7-8-12-18(17)38-24/h4-6,9-10H,7-8,11-14H2,1-3H3,(H,28,34). The number of aromatic nitrogens is 5. The zero-order valence-electron chi connectivity index (χ0n) is 21.3. The van der Waals surface area contributed by atoms with E-state index in [1.54, 1.807) is 4.68 Å². The molecule has 1 N–H and O–H groups in total. The average Bonchev–Trinajstić information content (AvgIpc) is 3.55. The fourth-order valence-corrected chi connectivity index (χ4v) is 6.90. The van der Waals surface area contributed by atoms with Gasteiger partial charge in [0.05, 0.1) is 35.7 Å². The van der Waals surface area contributed by atoms with E-state index in [4.69, 9.17) is 16.3 Å². The average molecular weight is 571 g/mol. The van der Waals surface area contributed by atoms with Crippen LogP contribution in [0.2, 0.25) is 5.02 Å². The lowest BCUT2D eigenvalue weighted by molar-refractivity contribution is -0.113. The predicted octanol–water partition coefficient (Wildman–Crippen LogP) is 5.15. The zero-order valence-corrected chi connectivity index (χ0v) is 23.7. The number of fused-ring (bicyclic) bond motifs is 1. The second-order valence-electron chi connectivity index (χ2n) is 8.99. The lowest BCUT2D eigenvalue weighted by atomic mass is 9.95. The second-order valence-corrected chi connectivity index (χ2v) is 11.4. The van der Waals surface area contributed by atoms with E-state index in [-0.39, 0.29) is 11.7 Å². The third kappa shape index (κ3) is 5.23. The second kappa shape index (κ2) is 11.3. The van der Waals surface area contributed by atoms with Crippen molar-refractivity contribution in [1.29, 1.82) is 0 Å². The van der Waals surface area contributed by atoms with Crippen LogP contribution in [0.15, 0.2) is 35.5 Å². The highest BCUT2D eigenvalue weighted by Crippen LogP contribution is 2.39. The van der Waals surface area contributed by atoms with Crippen LogP contribution in [0.25, 0.3) is 11.5 Å². The highest BCUT2D eigenvalue weighted by atomic mass is 35.5. The van der Waals surface area contributed by atoms with Gasteiger partial charge in [-0.15, -0.1) is 21.5 Å². The van der Waals surface area contributed by atoms with E-state index < -0.39 is 5.97 Å². The van der Waals surface area contributed by atoms with Crippen molar-refractivity contribution in [2.45, 2.75) is 44.3 Å². The Kier molecular flexibility index (Phi) is 7.87. The van der Waals surface area contributed by atoms with Crippen LogP contribution < -0.4 is 5.32 Å². The van der Waals surface area contributed by atoms with Crippen molar-refractivity contribution in [2.75, 3.05) is 18.2 Å². The Morgan fingerprint density at radius 3 is 2.66 bits per heavy atom. The number of hydrogen-bond donors (Lipinski definition) is 1. The van der Waals surface area contributed by atoms with Gasteiger partial charge in [0.2, 0.25) is 5.91 Å². The number of hydrogen-bond acceptors (Lipinski definition) is 8. The van der Waals surface area contributed by atoms with E-state index in [9.17, 15) is 9.59 Å². The number of carbonyl (C=O) groups excluding carboxylic acids is 2.